The number of aromatic amines is 1. The lowest BCUT2D eigenvalue weighted by atomic mass is 10.2. The lowest BCUT2D eigenvalue weighted by Crippen LogP contribution is -2.05. The first-order chi connectivity index (χ1) is 10.5. The molecule has 0 atom stereocenters. The van der Waals surface area contributed by atoms with Gasteiger partial charge in [0.15, 0.2) is 5.75 Å². The van der Waals surface area contributed by atoms with Crippen LogP contribution >= 0.6 is 15.9 Å². The molecule has 2 N–H and O–H groups in total. The van der Waals surface area contributed by atoms with Gasteiger partial charge in [-0.15, -0.1) is 10.2 Å². The molecule has 1 aromatic heterocycles. The number of anilines is 1. The number of allylic oxidation sites excluding steroid dienone is 1. The average molecular weight is 375 g/mol. The van der Waals surface area contributed by atoms with Gasteiger partial charge in [-0.3, -0.25) is 0 Å². The largest absolute Gasteiger partial charge is 0.432 e. The number of alkyl halides is 2. The topological polar surface area (TPSA) is 99.5 Å². The zero-order chi connectivity index (χ0) is 16.1. The lowest BCUT2D eigenvalue weighted by molar-refractivity contribution is -0.0495. The summed E-state index contributed by atoms with van der Waals surface area (Å²) in [5.41, 5.74) is 0.00187. The fraction of sp³-hybridized carbons (Fsp3) is 0.0909. The molecule has 0 aliphatic heterocycles. The zero-order valence-corrected chi connectivity index (χ0v) is 12.1. The van der Waals surface area contributed by atoms with Crippen LogP contribution in [0.1, 0.15) is 5.82 Å². The summed E-state index contributed by atoms with van der Waals surface area (Å²) in [7, 11) is 0. The van der Waals surface area contributed by atoms with E-state index < -0.39 is 18.2 Å². The zero-order valence-electron chi connectivity index (χ0n) is 10.5. The monoisotopic (exact) mass is 374 g/mol. The van der Waals surface area contributed by atoms with Gasteiger partial charge in [-0.25, -0.2) is 4.39 Å². The van der Waals surface area contributed by atoms with Crippen molar-refractivity contribution in [1.82, 2.24) is 20.6 Å². The third-order valence-electron chi connectivity index (χ3n) is 2.32. The number of ether oxygens (including phenoxy) is 1. The summed E-state index contributed by atoms with van der Waals surface area (Å²) in [6.07, 6.45) is 1.16. The third-order valence-corrected chi connectivity index (χ3v) is 2.92. The fourth-order valence-corrected chi connectivity index (χ4v) is 1.75. The Labute approximate surface area is 129 Å². The van der Waals surface area contributed by atoms with Crippen LogP contribution in [0, 0.1) is 17.1 Å². The Morgan fingerprint density at radius 2 is 2.27 bits per heavy atom. The van der Waals surface area contributed by atoms with Crippen LogP contribution in [0.4, 0.5) is 18.9 Å². The van der Waals surface area contributed by atoms with Crippen LogP contribution in [-0.4, -0.2) is 27.2 Å². The lowest BCUT2D eigenvalue weighted by Gasteiger charge is -2.11. The number of hydrogen-bond acceptors (Lipinski definition) is 6. The number of nitriles is 1. The van der Waals surface area contributed by atoms with Gasteiger partial charge >= 0.3 is 6.61 Å². The molecule has 2 aromatic rings. The number of aromatic nitrogens is 4. The summed E-state index contributed by atoms with van der Waals surface area (Å²) in [6, 6.07) is 3.77. The summed E-state index contributed by atoms with van der Waals surface area (Å²) in [6.45, 7) is -3.13. The Hall–Kier alpha value is -2.61. The molecule has 11 heteroatoms. The molecule has 0 spiro atoms. The number of hydrogen-bond donors (Lipinski definition) is 2. The number of halogens is 4. The molecule has 1 heterocycles. The normalized spacial score (nSPS) is 11.4. The summed E-state index contributed by atoms with van der Waals surface area (Å²) in [5, 5.41) is 24.2. The fourth-order valence-electron chi connectivity index (χ4n) is 1.41. The molecule has 114 valence electrons. The second-order valence-electron chi connectivity index (χ2n) is 3.69. The van der Waals surface area contributed by atoms with Gasteiger partial charge in [0, 0.05) is 12.3 Å². The van der Waals surface area contributed by atoms with Crippen molar-refractivity contribution in [3.8, 4) is 11.8 Å². The Morgan fingerprint density at radius 3 is 2.86 bits per heavy atom. The molecule has 0 radical (unpaired) electrons. The summed E-state index contributed by atoms with van der Waals surface area (Å²) >= 11 is 2.93. The van der Waals surface area contributed by atoms with E-state index in [2.05, 4.69) is 46.6 Å². The van der Waals surface area contributed by atoms with E-state index in [1.54, 1.807) is 6.07 Å². The molecular weight excluding hydrogens is 369 g/mol. The molecule has 7 nitrogen and oxygen atoms in total. The van der Waals surface area contributed by atoms with Crippen molar-refractivity contribution in [2.75, 3.05) is 5.32 Å². The quantitative estimate of drug-likeness (QED) is 0.780. The van der Waals surface area contributed by atoms with Gasteiger partial charge in [0.25, 0.3) is 0 Å². The first-order valence-corrected chi connectivity index (χ1v) is 6.35. The van der Waals surface area contributed by atoms with E-state index >= 15 is 0 Å². The molecule has 0 aliphatic carbocycles. The highest BCUT2D eigenvalue weighted by Crippen LogP contribution is 2.32. The van der Waals surface area contributed by atoms with E-state index in [4.69, 9.17) is 5.26 Å². The molecule has 0 aliphatic rings. The number of nitrogens with one attached hydrogen (secondary N) is 2. The second-order valence-corrected chi connectivity index (χ2v) is 4.54. The summed E-state index contributed by atoms with van der Waals surface area (Å²) < 4.78 is 42.3. The predicted molar refractivity (Wildman–Crippen MR) is 72.1 cm³/mol. The molecule has 1 aromatic carbocycles. The predicted octanol–water partition coefficient (Wildman–Crippen LogP) is 2.68. The number of tetrazole rings is 1. The summed E-state index contributed by atoms with van der Waals surface area (Å²) in [5.74, 6) is -1.19. The Bertz CT molecular complexity index is 728. The van der Waals surface area contributed by atoms with Crippen LogP contribution in [-0.2, 0) is 0 Å². The molecule has 0 saturated heterocycles. The van der Waals surface area contributed by atoms with E-state index in [1.165, 1.54) is 6.07 Å². The Kier molecular flexibility index (Phi) is 4.95. The van der Waals surface area contributed by atoms with Gasteiger partial charge in [-0.1, -0.05) is 0 Å². The molecule has 0 unspecified atom stereocenters. The molecule has 0 bridgehead atoms. The van der Waals surface area contributed by atoms with Crippen LogP contribution in [0.3, 0.4) is 0 Å². The molecule has 0 amide bonds. The van der Waals surface area contributed by atoms with Crippen LogP contribution in [0.5, 0.6) is 5.75 Å². The molecular formula is C11H6BrF3N6O. The second kappa shape index (κ2) is 6.90. The average Bonchev–Trinajstić information content (AvgIpc) is 2.98. The van der Waals surface area contributed by atoms with Gasteiger partial charge < -0.3 is 10.1 Å². The number of nitrogens with zero attached hydrogens (tertiary/aromatic N) is 4. The first-order valence-electron chi connectivity index (χ1n) is 5.55. The van der Waals surface area contributed by atoms with Crippen LogP contribution in [0.15, 0.2) is 22.8 Å². The molecule has 2 rings (SSSR count). The van der Waals surface area contributed by atoms with E-state index in [9.17, 15) is 13.2 Å². The number of rotatable bonds is 5. The SMILES string of the molecule is N#CC(=CNc1cc(Br)c(F)cc1OC(F)F)c1nn[nH]n1. The minimum Gasteiger partial charge on any atom is -0.432 e. The van der Waals surface area contributed by atoms with Crippen molar-refractivity contribution in [2.45, 2.75) is 6.61 Å². The van der Waals surface area contributed by atoms with E-state index in [-0.39, 0.29) is 21.6 Å². The maximum absolute atomic E-state index is 13.4. The van der Waals surface area contributed by atoms with Gasteiger partial charge in [0.2, 0.25) is 5.82 Å². The first kappa shape index (κ1) is 15.8. The van der Waals surface area contributed by atoms with Gasteiger partial charge in [-0.2, -0.15) is 19.3 Å². The van der Waals surface area contributed by atoms with Crippen molar-refractivity contribution in [2.24, 2.45) is 0 Å². The minimum absolute atomic E-state index is 0.00695. The van der Waals surface area contributed by atoms with Gasteiger partial charge in [0.05, 0.1) is 10.2 Å². The highest BCUT2D eigenvalue weighted by molar-refractivity contribution is 9.10. The van der Waals surface area contributed by atoms with Crippen molar-refractivity contribution in [1.29, 1.82) is 5.26 Å². The van der Waals surface area contributed by atoms with Crippen molar-refractivity contribution in [3.05, 3.63) is 34.4 Å². The maximum Gasteiger partial charge on any atom is 0.387 e. The summed E-state index contributed by atoms with van der Waals surface area (Å²) in [4.78, 5) is 0. The molecule has 0 saturated carbocycles. The van der Waals surface area contributed by atoms with Crippen LogP contribution in [0.2, 0.25) is 0 Å². The van der Waals surface area contributed by atoms with Gasteiger partial charge in [-0.05, 0) is 27.2 Å². The Morgan fingerprint density at radius 1 is 1.50 bits per heavy atom. The smallest absolute Gasteiger partial charge is 0.387 e. The molecule has 0 fully saturated rings. The third kappa shape index (κ3) is 3.73. The highest BCUT2D eigenvalue weighted by Gasteiger charge is 2.14. The number of H-pyrrole nitrogens is 1. The van der Waals surface area contributed by atoms with Crippen LogP contribution in [0.25, 0.3) is 5.57 Å². The standard InChI is InChI=1S/C11H6BrF3N6O/c12-6-1-8(9(2-7(6)13)22-11(14)15)17-4-5(3-16)10-18-20-21-19-10/h1-2,4,11,17H,(H,18,19,20,21). The van der Waals surface area contributed by atoms with E-state index in [0.29, 0.717) is 0 Å². The minimum atomic E-state index is -3.13. The van der Waals surface area contributed by atoms with E-state index in [0.717, 1.165) is 12.3 Å². The Balaban J connectivity index is 2.32. The highest BCUT2D eigenvalue weighted by atomic mass is 79.9. The maximum atomic E-state index is 13.4. The van der Waals surface area contributed by atoms with Crippen molar-refractivity contribution in [3.63, 3.8) is 0 Å². The molecule has 22 heavy (non-hydrogen) atoms. The van der Waals surface area contributed by atoms with Gasteiger partial charge in [0.1, 0.15) is 17.5 Å². The van der Waals surface area contributed by atoms with Crippen molar-refractivity contribution >= 4 is 27.2 Å². The van der Waals surface area contributed by atoms with Crippen molar-refractivity contribution < 1.29 is 17.9 Å². The van der Waals surface area contributed by atoms with Crippen LogP contribution < -0.4 is 10.1 Å². The van der Waals surface area contributed by atoms with E-state index in [1.807, 2.05) is 0 Å². The number of benzene rings is 1.